The molecule has 3 fully saturated rings. The minimum Gasteiger partial charge on any atom is -0.508 e. The van der Waals surface area contributed by atoms with Crippen LogP contribution in [-0.2, 0) is 16.0 Å². The van der Waals surface area contributed by atoms with E-state index in [2.05, 4.69) is 18.5 Å². The van der Waals surface area contributed by atoms with Gasteiger partial charge in [-0.2, -0.15) is 0 Å². The first kappa shape index (κ1) is 36.0. The van der Waals surface area contributed by atoms with Gasteiger partial charge in [0.25, 0.3) is 5.91 Å². The number of amides is 2. The number of ether oxygens (including phenoxy) is 2. The molecule has 2 aromatic carbocycles. The predicted octanol–water partition coefficient (Wildman–Crippen LogP) is 4.92. The first-order chi connectivity index (χ1) is 23.9. The van der Waals surface area contributed by atoms with E-state index in [9.17, 15) is 34.3 Å². The van der Waals surface area contributed by atoms with Crippen molar-refractivity contribution in [1.82, 2.24) is 4.90 Å². The Bertz CT molecular complexity index is 1690. The second kappa shape index (κ2) is 14.8. The maximum atomic E-state index is 16.1. The number of likely N-dealkylation sites (tertiary alicyclic amines) is 1. The number of nitrogens with zero attached hydrogens (tertiary/aromatic N) is 3. The van der Waals surface area contributed by atoms with Gasteiger partial charge in [0.1, 0.15) is 16.8 Å². The Morgan fingerprint density at radius 2 is 1.78 bits per heavy atom. The minimum atomic E-state index is -2.53. The Labute approximate surface area is 291 Å². The number of fused-ring (bicyclic) bond motifs is 2. The van der Waals surface area contributed by atoms with Gasteiger partial charge in [-0.15, -0.1) is 0 Å². The third-order valence-corrected chi connectivity index (χ3v) is 12.3. The van der Waals surface area contributed by atoms with Crippen molar-refractivity contribution in [2.75, 3.05) is 48.5 Å². The zero-order valence-electron chi connectivity index (χ0n) is 27.5. The van der Waals surface area contributed by atoms with Crippen LogP contribution in [0.5, 0.6) is 5.75 Å². The van der Waals surface area contributed by atoms with Crippen LogP contribution in [0.1, 0.15) is 36.8 Å². The molecule has 6 N–H and O–H groups in total. The average molecular weight is 731 g/mol. The Hall–Kier alpha value is -3.77. The fourth-order valence-electron chi connectivity index (χ4n) is 7.08. The van der Waals surface area contributed by atoms with E-state index in [-0.39, 0.29) is 30.2 Å². The van der Waals surface area contributed by atoms with Gasteiger partial charge in [-0.1, -0.05) is 25.3 Å². The number of aliphatic hydroxyl groups is 1. The van der Waals surface area contributed by atoms with Gasteiger partial charge < -0.3 is 54.2 Å². The normalized spacial score (nSPS) is 20.2. The van der Waals surface area contributed by atoms with Crippen LogP contribution in [0.2, 0.25) is 0 Å². The molecule has 1 aliphatic carbocycles. The van der Waals surface area contributed by atoms with Crippen LogP contribution in [0.25, 0.3) is 5.57 Å². The molecule has 13 nitrogen and oxygen atoms in total. The lowest BCUT2D eigenvalue weighted by Crippen LogP contribution is -2.49. The summed E-state index contributed by atoms with van der Waals surface area (Å²) >= 11 is 0. The molecule has 0 radical (unpaired) electrons. The van der Waals surface area contributed by atoms with E-state index < -0.39 is 46.6 Å². The molecule has 2 amide bonds. The molecule has 6 rings (SSSR count). The molecule has 0 aromatic heterocycles. The van der Waals surface area contributed by atoms with Gasteiger partial charge in [0, 0.05) is 48.7 Å². The van der Waals surface area contributed by atoms with E-state index in [1.807, 2.05) is 9.80 Å². The Morgan fingerprint density at radius 1 is 1.08 bits per heavy atom. The lowest BCUT2D eigenvalue weighted by atomic mass is 9.92. The summed E-state index contributed by atoms with van der Waals surface area (Å²) in [6, 6.07) is 7.72. The zero-order valence-corrected chi connectivity index (χ0v) is 29.3. The number of benzene rings is 2. The third-order valence-electron chi connectivity index (χ3n) is 9.66. The van der Waals surface area contributed by atoms with Gasteiger partial charge in [-0.3, -0.25) is 4.79 Å². The van der Waals surface area contributed by atoms with Gasteiger partial charge in [-0.25, -0.2) is 9.18 Å². The number of anilines is 3. The highest BCUT2D eigenvalue weighted by atomic mass is 31.2. The Kier molecular flexibility index (Phi) is 10.7. The average Bonchev–Trinajstić information content (AvgIpc) is 3.83. The maximum absolute atomic E-state index is 16.1. The summed E-state index contributed by atoms with van der Waals surface area (Å²) in [6.45, 7) is 8.52. The largest absolute Gasteiger partial charge is 0.508 e. The van der Waals surface area contributed by atoms with E-state index >= 15 is 4.39 Å². The lowest BCUT2D eigenvalue weighted by molar-refractivity contribution is -0.119. The first-order valence-electron chi connectivity index (χ1n) is 16.3. The molecule has 3 aliphatic heterocycles. The van der Waals surface area contributed by atoms with Gasteiger partial charge in [0.2, 0.25) is 0 Å². The second-order valence-electron chi connectivity index (χ2n) is 12.9. The molecule has 4 aliphatic rings. The molecule has 50 heavy (non-hydrogen) atoms. The summed E-state index contributed by atoms with van der Waals surface area (Å²) in [5.74, 6) is -0.793. The van der Waals surface area contributed by atoms with Gasteiger partial charge in [0.05, 0.1) is 18.8 Å². The highest BCUT2D eigenvalue weighted by molar-refractivity contribution is 7.64. The zero-order chi connectivity index (χ0) is 35.9. The van der Waals surface area contributed by atoms with Crippen LogP contribution in [-0.4, -0.2) is 92.4 Å². The second-order valence-corrected chi connectivity index (χ2v) is 15.9. The molecule has 0 spiro atoms. The van der Waals surface area contributed by atoms with Crippen LogP contribution in [0, 0.1) is 11.7 Å². The molecule has 2 aromatic rings. The summed E-state index contributed by atoms with van der Waals surface area (Å²) < 4.78 is 27.4. The van der Waals surface area contributed by atoms with Gasteiger partial charge in [0.15, 0.2) is 34.9 Å². The number of methoxy groups -OCH3 is 1. The smallest absolute Gasteiger partial charge is 0.410 e. The van der Waals surface area contributed by atoms with Crippen LogP contribution in [0.15, 0.2) is 61.0 Å². The predicted molar refractivity (Wildman–Crippen MR) is 189 cm³/mol. The number of halogens is 1. The quantitative estimate of drug-likeness (QED) is 0.137. The molecule has 1 saturated carbocycles. The molecule has 2 atom stereocenters. The highest BCUT2D eigenvalue weighted by Gasteiger charge is 2.45. The molecular formula is C34H41FN4O9P2. The summed E-state index contributed by atoms with van der Waals surface area (Å²) in [4.78, 5) is 69.2. The topological polar surface area (TPSA) is 175 Å². The van der Waals surface area contributed by atoms with Crippen molar-refractivity contribution < 1.29 is 48.1 Å². The molecule has 3 heterocycles. The van der Waals surface area contributed by atoms with Crippen molar-refractivity contribution in [2.24, 2.45) is 5.92 Å². The molecule has 2 saturated heterocycles. The van der Waals surface area contributed by atoms with Crippen LogP contribution >= 0.6 is 16.8 Å². The van der Waals surface area contributed by atoms with Crippen LogP contribution in [0.4, 0.5) is 26.2 Å². The van der Waals surface area contributed by atoms with Crippen LogP contribution < -0.4 is 19.9 Å². The van der Waals surface area contributed by atoms with Crippen molar-refractivity contribution in [3.05, 3.63) is 78.0 Å². The number of aliphatic hydroxyl groups excluding tert-OH is 1. The molecule has 16 heteroatoms. The molecule has 0 bridgehead atoms. The van der Waals surface area contributed by atoms with Crippen molar-refractivity contribution in [3.63, 3.8) is 0 Å². The summed E-state index contributed by atoms with van der Waals surface area (Å²) in [6.07, 6.45) is 4.64. The fourth-order valence-corrected chi connectivity index (χ4v) is 8.57. The lowest BCUT2D eigenvalue weighted by Gasteiger charge is -2.36. The number of hydrogen-bond donors (Lipinski definition) is 6. The summed E-state index contributed by atoms with van der Waals surface area (Å²) in [7, 11) is -3.56. The van der Waals surface area contributed by atoms with Gasteiger partial charge in [-0.05, 0) is 67.4 Å². The Morgan fingerprint density at radius 3 is 2.40 bits per heavy atom. The number of hydrogen-bond acceptors (Lipinski definition) is 11. The molecule has 2 unspecified atom stereocenters. The van der Waals surface area contributed by atoms with E-state index in [0.29, 0.717) is 64.7 Å². The highest BCUT2D eigenvalue weighted by Crippen LogP contribution is 2.53. The van der Waals surface area contributed by atoms with Gasteiger partial charge >= 0.3 is 6.09 Å². The number of carbonyl (C=O) groups is 2. The van der Waals surface area contributed by atoms with E-state index in [1.165, 1.54) is 13.2 Å². The SMILES string of the molecule is C=C(O)C1=CN(C2CC2)c2c(cc(F)c(N3CC4CCCN(C(=O)OCC(=O)Nc5ccc(CC(P(O)O)P(O)O)cc5)C4C3)c2OC)C1=C. The number of piperidine rings is 1. The van der Waals surface area contributed by atoms with E-state index in [4.69, 9.17) is 9.47 Å². The maximum Gasteiger partial charge on any atom is 0.410 e. The summed E-state index contributed by atoms with van der Waals surface area (Å²) in [5.41, 5.74) is 3.45. The number of rotatable bonds is 11. The van der Waals surface area contributed by atoms with Crippen molar-refractivity contribution in [3.8, 4) is 5.75 Å². The number of carbonyl (C=O) groups excluding carboxylic acids is 2. The summed E-state index contributed by atoms with van der Waals surface area (Å²) in [5, 5.41) is 11.8. The van der Waals surface area contributed by atoms with Crippen molar-refractivity contribution in [1.29, 1.82) is 0 Å². The molecular weight excluding hydrogens is 689 g/mol. The minimum absolute atomic E-state index is 0.0402. The van der Waals surface area contributed by atoms with Crippen molar-refractivity contribution in [2.45, 2.75) is 49.6 Å². The van der Waals surface area contributed by atoms with Crippen molar-refractivity contribution >= 4 is 51.4 Å². The third kappa shape index (κ3) is 7.32. The number of allylic oxidation sites excluding steroid dienone is 1. The van der Waals surface area contributed by atoms with E-state index in [0.717, 1.165) is 25.7 Å². The fraction of sp³-hybridized carbons (Fsp3) is 0.412. The molecule has 268 valence electrons. The standard InChI is InChI=1S/C34H41FN4O9P2/c1-19-25-14-27(35)32(33(47-3)31(25)39(24-10-11-24)16-26(19)20(2)40)37-15-22-5-4-12-38(28(22)17-37)34(42)48-18-29(41)36-23-8-6-21(7-9-23)13-30(49(43)44)50(45)46/h6-9,14,16,22,24,28,30,40,43-46H,1-2,4-5,10-13,15,17-18H2,3H3,(H,36,41). The first-order valence-corrected chi connectivity index (χ1v) is 18.9. The van der Waals surface area contributed by atoms with E-state index in [1.54, 1.807) is 35.4 Å². The van der Waals surface area contributed by atoms with Crippen LogP contribution in [0.3, 0.4) is 0 Å². The Balaban J connectivity index is 1.11. The monoisotopic (exact) mass is 730 g/mol. The number of nitrogens with one attached hydrogen (secondary N) is 1.